The maximum atomic E-state index is 13.8. The van der Waals surface area contributed by atoms with Crippen molar-refractivity contribution >= 4 is 40.9 Å². The summed E-state index contributed by atoms with van der Waals surface area (Å²) in [6, 6.07) is 2.26. The Morgan fingerprint density at radius 3 is 2.53 bits per heavy atom. The van der Waals surface area contributed by atoms with Crippen LogP contribution in [0.1, 0.15) is 77.2 Å². The summed E-state index contributed by atoms with van der Waals surface area (Å²) in [5, 5.41) is 35.1. The lowest BCUT2D eigenvalue weighted by atomic mass is 9.46. The van der Waals surface area contributed by atoms with Crippen LogP contribution in [0.5, 0.6) is 5.75 Å². The number of benzene rings is 1. The van der Waals surface area contributed by atoms with E-state index in [1.165, 1.54) is 6.07 Å². The van der Waals surface area contributed by atoms with Crippen LogP contribution in [0.25, 0.3) is 0 Å². The van der Waals surface area contributed by atoms with Crippen LogP contribution in [-0.2, 0) is 44.7 Å². The number of rotatable bonds is 11. The number of ketones is 3. The third-order valence-corrected chi connectivity index (χ3v) is 11.7. The fraction of sp³-hybridized carbons (Fsp3) is 0.600. The van der Waals surface area contributed by atoms with Gasteiger partial charge in [0.05, 0.1) is 18.5 Å². The van der Waals surface area contributed by atoms with Gasteiger partial charge in [-0.25, -0.2) is 4.79 Å². The zero-order valence-corrected chi connectivity index (χ0v) is 27.8. The van der Waals surface area contributed by atoms with Crippen molar-refractivity contribution in [2.24, 2.45) is 28.6 Å². The molecule has 0 spiro atoms. The van der Waals surface area contributed by atoms with Gasteiger partial charge in [-0.15, -0.1) is 0 Å². The molecule has 0 radical (unpaired) electrons. The number of hydrogen-bond acceptors (Lipinski definition) is 12. The normalized spacial score (nSPS) is 30.9. The number of nitro benzene ring substituents is 1. The lowest BCUT2D eigenvalue weighted by Gasteiger charge is -2.57. The number of aliphatic hydroxyl groups is 1. The number of phenolic OH excluding ortho intramolecular Hbond substituents is 1. The molecule has 4 aliphatic carbocycles. The van der Waals surface area contributed by atoms with E-state index >= 15 is 0 Å². The number of carbonyl (C=O) groups excluding carboxylic acids is 6. The molecule has 0 aromatic heterocycles. The minimum Gasteiger partial charge on any atom is -0.502 e. The standard InChI is InChI=1S/C35H42N2O12/c1-33-12-10-21(38)16-20(33)5-6-22-23-11-13-35(45,34(23,2)17-27(40)31(22)33)28(41)18-49-30(43)9-8-29(42)36-24(32(44)48-3)14-19-4-7-26(39)25(15-19)37(46)47/h4,7,15-16,22-24,31,39,45H,5-6,8-14,17-18H2,1-3H3,(H,36,42)/t22-,23-,24+,31+,33+,34+,35+/m1/s1. The molecule has 14 heteroatoms. The van der Waals surface area contributed by atoms with Crippen molar-refractivity contribution in [2.75, 3.05) is 13.7 Å². The number of aromatic hydroxyl groups is 1. The van der Waals surface area contributed by atoms with Crippen LogP contribution in [0.15, 0.2) is 29.8 Å². The summed E-state index contributed by atoms with van der Waals surface area (Å²) in [5.74, 6) is -4.08. The Morgan fingerprint density at radius 1 is 1.10 bits per heavy atom. The average molecular weight is 683 g/mol. The van der Waals surface area contributed by atoms with E-state index in [0.717, 1.165) is 24.8 Å². The maximum absolute atomic E-state index is 13.8. The largest absolute Gasteiger partial charge is 0.502 e. The van der Waals surface area contributed by atoms with Gasteiger partial charge < -0.3 is 25.0 Å². The van der Waals surface area contributed by atoms with Gasteiger partial charge in [-0.1, -0.05) is 25.5 Å². The molecule has 5 rings (SSSR count). The first-order valence-corrected chi connectivity index (χ1v) is 16.6. The Morgan fingerprint density at radius 2 is 1.84 bits per heavy atom. The molecule has 0 saturated heterocycles. The van der Waals surface area contributed by atoms with Crippen LogP contribution in [-0.4, -0.2) is 75.7 Å². The second-order valence-corrected chi connectivity index (χ2v) is 14.3. The zero-order chi connectivity index (χ0) is 35.9. The second-order valence-electron chi connectivity index (χ2n) is 14.3. The first kappa shape index (κ1) is 35.8. The number of nitrogens with one attached hydrogen (secondary N) is 1. The molecule has 264 valence electrons. The Bertz CT molecular complexity index is 1640. The van der Waals surface area contributed by atoms with Gasteiger partial charge in [-0.2, -0.15) is 0 Å². The second kappa shape index (κ2) is 13.4. The molecular weight excluding hydrogens is 640 g/mol. The summed E-state index contributed by atoms with van der Waals surface area (Å²) < 4.78 is 9.89. The summed E-state index contributed by atoms with van der Waals surface area (Å²) in [5.41, 5.74) is -2.63. The van der Waals surface area contributed by atoms with Crippen LogP contribution >= 0.6 is 0 Å². The lowest BCUT2D eigenvalue weighted by Crippen LogP contribution is -2.61. The fourth-order valence-corrected chi connectivity index (χ4v) is 9.08. The Kier molecular flexibility index (Phi) is 9.84. The van der Waals surface area contributed by atoms with E-state index in [4.69, 9.17) is 9.47 Å². The number of phenols is 1. The summed E-state index contributed by atoms with van der Waals surface area (Å²) in [4.78, 5) is 87.3. The molecule has 1 aromatic carbocycles. The van der Waals surface area contributed by atoms with Crippen molar-refractivity contribution in [2.45, 2.75) is 89.7 Å². The van der Waals surface area contributed by atoms with E-state index < -0.39 is 81.9 Å². The number of fused-ring (bicyclic) bond motifs is 5. The molecule has 14 nitrogen and oxygen atoms in total. The van der Waals surface area contributed by atoms with E-state index in [-0.39, 0.29) is 54.1 Å². The molecule has 0 heterocycles. The predicted molar refractivity (Wildman–Crippen MR) is 170 cm³/mol. The van der Waals surface area contributed by atoms with Crippen molar-refractivity contribution in [1.29, 1.82) is 0 Å². The molecule has 4 aliphatic rings. The molecule has 49 heavy (non-hydrogen) atoms. The number of esters is 2. The summed E-state index contributed by atoms with van der Waals surface area (Å²) in [6.45, 7) is 3.10. The van der Waals surface area contributed by atoms with Crippen LogP contribution in [0, 0.1) is 38.7 Å². The Hall–Kier alpha value is -4.46. The number of allylic oxidation sites excluding steroid dienone is 1. The zero-order valence-electron chi connectivity index (χ0n) is 27.8. The van der Waals surface area contributed by atoms with E-state index in [0.29, 0.717) is 32.1 Å². The number of ether oxygens (including phenoxy) is 2. The fourth-order valence-electron chi connectivity index (χ4n) is 9.08. The van der Waals surface area contributed by atoms with Crippen molar-refractivity contribution in [3.63, 3.8) is 0 Å². The van der Waals surface area contributed by atoms with Crippen molar-refractivity contribution in [1.82, 2.24) is 5.32 Å². The van der Waals surface area contributed by atoms with Gasteiger partial charge in [0, 0.05) is 43.1 Å². The number of amides is 1. The van der Waals surface area contributed by atoms with E-state index in [1.807, 2.05) is 0 Å². The first-order valence-electron chi connectivity index (χ1n) is 16.6. The van der Waals surface area contributed by atoms with Crippen LogP contribution in [0.2, 0.25) is 0 Å². The minimum atomic E-state index is -1.88. The van der Waals surface area contributed by atoms with Gasteiger partial charge >= 0.3 is 17.6 Å². The molecule has 3 fully saturated rings. The third kappa shape index (κ3) is 6.50. The number of Topliss-reactive ketones (excluding diaryl/α,β-unsaturated/α-hetero) is 2. The highest BCUT2D eigenvalue weighted by Crippen LogP contribution is 2.66. The molecule has 1 aromatic rings. The molecule has 0 unspecified atom stereocenters. The van der Waals surface area contributed by atoms with Gasteiger partial charge in [0.2, 0.25) is 11.7 Å². The average Bonchev–Trinajstić information content (AvgIpc) is 3.33. The summed E-state index contributed by atoms with van der Waals surface area (Å²) in [6.07, 6.45) is 3.70. The van der Waals surface area contributed by atoms with Crippen LogP contribution < -0.4 is 5.32 Å². The SMILES string of the molecule is COC(=O)[C@H](Cc1ccc(O)c([N+](=O)[O-])c1)NC(=O)CCC(=O)OCC(=O)[C@@]1(O)CC[C@@H]2[C@H]3CCC4=CC(=O)CC[C@]4(C)[C@@H]3C(=O)C[C@@]21C. The van der Waals surface area contributed by atoms with Gasteiger partial charge in [0.1, 0.15) is 17.4 Å². The van der Waals surface area contributed by atoms with E-state index in [9.17, 15) is 49.1 Å². The number of hydrogen-bond donors (Lipinski definition) is 3. The third-order valence-electron chi connectivity index (χ3n) is 11.7. The number of nitrogens with zero attached hydrogens (tertiary/aromatic N) is 1. The quantitative estimate of drug-likeness (QED) is 0.174. The Labute approximate surface area is 282 Å². The minimum absolute atomic E-state index is 0.00482. The molecule has 0 bridgehead atoms. The monoisotopic (exact) mass is 682 g/mol. The summed E-state index contributed by atoms with van der Waals surface area (Å²) in [7, 11) is 1.10. The van der Waals surface area contributed by atoms with Crippen molar-refractivity contribution < 1.29 is 53.4 Å². The number of carbonyl (C=O) groups is 6. The van der Waals surface area contributed by atoms with Gasteiger partial charge in [0.25, 0.3) is 0 Å². The van der Waals surface area contributed by atoms with E-state index in [2.05, 4.69) is 12.2 Å². The van der Waals surface area contributed by atoms with Crippen LogP contribution in [0.3, 0.4) is 0 Å². The number of nitro groups is 1. The van der Waals surface area contributed by atoms with Crippen molar-refractivity contribution in [3.05, 3.63) is 45.5 Å². The maximum Gasteiger partial charge on any atom is 0.328 e. The van der Waals surface area contributed by atoms with Crippen LogP contribution in [0.4, 0.5) is 5.69 Å². The highest BCUT2D eigenvalue weighted by Gasteiger charge is 2.68. The smallest absolute Gasteiger partial charge is 0.328 e. The van der Waals surface area contributed by atoms with Gasteiger partial charge in [-0.3, -0.25) is 34.1 Å². The molecule has 0 aliphatic heterocycles. The van der Waals surface area contributed by atoms with Crippen molar-refractivity contribution in [3.8, 4) is 5.75 Å². The topological polar surface area (TPSA) is 217 Å². The predicted octanol–water partition coefficient (Wildman–Crippen LogP) is 2.84. The van der Waals surface area contributed by atoms with E-state index in [1.54, 1.807) is 13.0 Å². The lowest BCUT2D eigenvalue weighted by molar-refractivity contribution is -0.385. The summed E-state index contributed by atoms with van der Waals surface area (Å²) >= 11 is 0. The highest BCUT2D eigenvalue weighted by molar-refractivity contribution is 5.95. The molecule has 1 amide bonds. The first-order chi connectivity index (χ1) is 23.0. The Balaban J connectivity index is 1.16. The molecule has 7 atom stereocenters. The number of methoxy groups -OCH3 is 1. The molecular formula is C35H42N2O12. The molecule has 3 N–H and O–H groups in total. The highest BCUT2D eigenvalue weighted by atomic mass is 16.6. The van der Waals surface area contributed by atoms with Gasteiger partial charge in [-0.05, 0) is 67.1 Å². The van der Waals surface area contributed by atoms with Gasteiger partial charge in [0.15, 0.2) is 18.1 Å². The molecule has 3 saturated carbocycles.